The predicted octanol–water partition coefficient (Wildman–Crippen LogP) is 5.33. The van der Waals surface area contributed by atoms with Crippen molar-refractivity contribution in [3.8, 4) is 17.4 Å². The van der Waals surface area contributed by atoms with Crippen molar-refractivity contribution >= 4 is 34.5 Å². The summed E-state index contributed by atoms with van der Waals surface area (Å²) in [6.07, 6.45) is 1.36. The van der Waals surface area contributed by atoms with Gasteiger partial charge in [0.25, 0.3) is 0 Å². The number of hydrogen-bond donors (Lipinski definition) is 1. The lowest BCUT2D eigenvalue weighted by Gasteiger charge is -2.33. The number of halogens is 1. The predicted molar refractivity (Wildman–Crippen MR) is 124 cm³/mol. The van der Waals surface area contributed by atoms with E-state index in [4.69, 9.17) is 26.5 Å². The third-order valence-corrected chi connectivity index (χ3v) is 6.30. The topological polar surface area (TPSA) is 105 Å². The van der Waals surface area contributed by atoms with E-state index < -0.39 is 12.0 Å². The number of benzene rings is 1. The Morgan fingerprint density at radius 3 is 2.72 bits per heavy atom. The summed E-state index contributed by atoms with van der Waals surface area (Å²) in [5, 5.41) is 10.7. The maximum absolute atomic E-state index is 13.1. The minimum absolute atomic E-state index is 0.225. The Bertz CT molecular complexity index is 1190. The molecule has 0 bridgehead atoms. The minimum atomic E-state index is -0.692. The van der Waals surface area contributed by atoms with Gasteiger partial charge in [-0.3, -0.25) is 4.90 Å². The molecule has 0 spiro atoms. The van der Waals surface area contributed by atoms with E-state index in [0.717, 1.165) is 12.0 Å². The Morgan fingerprint density at radius 2 is 2.06 bits per heavy atom. The average Bonchev–Trinajstić information content (AvgIpc) is 3.39. The van der Waals surface area contributed by atoms with Gasteiger partial charge in [-0.05, 0) is 61.5 Å². The maximum Gasteiger partial charge on any atom is 0.338 e. The molecule has 1 atom stereocenters. The Morgan fingerprint density at radius 1 is 1.31 bits per heavy atom. The third-order valence-electron chi connectivity index (χ3n) is 5.07. The van der Waals surface area contributed by atoms with Crippen LogP contribution in [0.3, 0.4) is 0 Å². The zero-order chi connectivity index (χ0) is 22.8. The zero-order valence-electron chi connectivity index (χ0n) is 17.6. The molecule has 0 unspecified atom stereocenters. The van der Waals surface area contributed by atoms with Gasteiger partial charge < -0.3 is 14.9 Å². The van der Waals surface area contributed by atoms with Gasteiger partial charge in [0.2, 0.25) is 0 Å². The maximum atomic E-state index is 13.1. The Hall–Kier alpha value is -3.15. The molecule has 1 aromatic heterocycles. The van der Waals surface area contributed by atoms with Crippen LogP contribution in [-0.2, 0) is 9.53 Å². The van der Waals surface area contributed by atoms with Crippen LogP contribution in [0.15, 0.2) is 67.8 Å². The van der Waals surface area contributed by atoms with Crippen LogP contribution < -0.4 is 5.73 Å². The summed E-state index contributed by atoms with van der Waals surface area (Å²) >= 11 is 7.19. The standard InChI is InChI=1S/C23H21ClN4O3S/c1-3-5-15-19(22(29)30-4-2)20(28-21(26)18(12-25)32-23(28)27-15)17-11-10-16(31-17)13-6-8-14(24)9-7-13/h6-11,20H,3-5,26H2,1-2H3/t20-/m1/s1. The van der Waals surface area contributed by atoms with Crippen LogP contribution in [0.4, 0.5) is 0 Å². The number of furan rings is 1. The summed E-state index contributed by atoms with van der Waals surface area (Å²) in [4.78, 5) is 19.8. The molecule has 32 heavy (non-hydrogen) atoms. The summed E-state index contributed by atoms with van der Waals surface area (Å²) in [7, 11) is 0. The van der Waals surface area contributed by atoms with E-state index in [1.54, 1.807) is 24.0 Å². The monoisotopic (exact) mass is 468 g/mol. The van der Waals surface area contributed by atoms with E-state index in [-0.39, 0.29) is 12.4 Å². The molecule has 2 N–H and O–H groups in total. The molecule has 2 aliphatic heterocycles. The van der Waals surface area contributed by atoms with Crippen LogP contribution in [0.5, 0.6) is 0 Å². The van der Waals surface area contributed by atoms with Crippen molar-refractivity contribution in [2.24, 2.45) is 10.7 Å². The summed E-state index contributed by atoms with van der Waals surface area (Å²) in [6, 6.07) is 12.3. The molecule has 3 heterocycles. The van der Waals surface area contributed by atoms with E-state index in [0.29, 0.717) is 44.3 Å². The lowest BCUT2D eigenvalue weighted by Crippen LogP contribution is -2.38. The van der Waals surface area contributed by atoms with E-state index in [9.17, 15) is 10.1 Å². The lowest BCUT2D eigenvalue weighted by molar-refractivity contribution is -0.139. The minimum Gasteiger partial charge on any atom is -0.463 e. The Kier molecular flexibility index (Phi) is 6.31. The average molecular weight is 469 g/mol. The Labute approximate surface area is 195 Å². The summed E-state index contributed by atoms with van der Waals surface area (Å²) in [5.41, 5.74) is 8.15. The highest BCUT2D eigenvalue weighted by Gasteiger charge is 2.44. The van der Waals surface area contributed by atoms with Crippen LogP contribution in [-0.4, -0.2) is 22.6 Å². The van der Waals surface area contributed by atoms with Crippen LogP contribution in [0.25, 0.3) is 11.3 Å². The van der Waals surface area contributed by atoms with E-state index in [2.05, 4.69) is 11.1 Å². The van der Waals surface area contributed by atoms with E-state index in [1.807, 2.05) is 31.2 Å². The number of nitrogens with two attached hydrogens (primary N) is 1. The largest absolute Gasteiger partial charge is 0.463 e. The number of carbonyl (C=O) groups is 1. The molecule has 0 saturated heterocycles. The van der Waals surface area contributed by atoms with Gasteiger partial charge >= 0.3 is 5.97 Å². The zero-order valence-corrected chi connectivity index (χ0v) is 19.2. The first kappa shape index (κ1) is 22.1. The second-order valence-electron chi connectivity index (χ2n) is 7.13. The van der Waals surface area contributed by atoms with Crippen LogP contribution in [0.1, 0.15) is 38.5 Å². The molecule has 2 aliphatic rings. The van der Waals surface area contributed by atoms with Gasteiger partial charge in [-0.1, -0.05) is 24.9 Å². The number of amidine groups is 1. The molecule has 4 rings (SSSR count). The fourth-order valence-corrected chi connectivity index (χ4v) is 4.69. The molecule has 0 fully saturated rings. The molecule has 0 radical (unpaired) electrons. The number of thioether (sulfide) groups is 1. The van der Waals surface area contributed by atoms with Crippen LogP contribution in [0, 0.1) is 11.3 Å². The Balaban J connectivity index is 1.86. The highest BCUT2D eigenvalue weighted by atomic mass is 35.5. The number of rotatable bonds is 6. The van der Waals surface area contributed by atoms with Gasteiger partial charge in [-0.25, -0.2) is 9.79 Å². The highest BCUT2D eigenvalue weighted by molar-refractivity contribution is 8.17. The molecule has 2 aromatic rings. The second kappa shape index (κ2) is 9.15. The van der Waals surface area contributed by atoms with Crippen molar-refractivity contribution in [2.75, 3.05) is 6.61 Å². The van der Waals surface area contributed by atoms with Crippen molar-refractivity contribution in [3.05, 3.63) is 69.2 Å². The van der Waals surface area contributed by atoms with Gasteiger partial charge in [-0.15, -0.1) is 0 Å². The van der Waals surface area contributed by atoms with E-state index >= 15 is 0 Å². The highest BCUT2D eigenvalue weighted by Crippen LogP contribution is 2.47. The number of fused-ring (bicyclic) bond motifs is 1. The second-order valence-corrected chi connectivity index (χ2v) is 8.55. The number of esters is 1. The smallest absolute Gasteiger partial charge is 0.338 e. The normalized spacial score (nSPS) is 17.9. The van der Waals surface area contributed by atoms with Crippen molar-refractivity contribution in [2.45, 2.75) is 32.7 Å². The number of aliphatic imine (C=N–C) groups is 1. The number of hydrogen-bond acceptors (Lipinski definition) is 8. The summed E-state index contributed by atoms with van der Waals surface area (Å²) < 4.78 is 11.6. The van der Waals surface area contributed by atoms with Gasteiger partial charge in [0.15, 0.2) is 5.17 Å². The van der Waals surface area contributed by atoms with E-state index in [1.165, 1.54) is 11.8 Å². The third kappa shape index (κ3) is 3.90. The van der Waals surface area contributed by atoms with Gasteiger partial charge in [0, 0.05) is 10.6 Å². The first-order valence-corrected chi connectivity index (χ1v) is 11.4. The van der Waals surface area contributed by atoms with Gasteiger partial charge in [0.05, 0.1) is 17.9 Å². The van der Waals surface area contributed by atoms with Crippen molar-refractivity contribution in [1.29, 1.82) is 5.26 Å². The van der Waals surface area contributed by atoms with Crippen LogP contribution in [0.2, 0.25) is 5.02 Å². The number of nitrogens with zero attached hydrogens (tertiary/aromatic N) is 3. The first-order valence-electron chi connectivity index (χ1n) is 10.2. The van der Waals surface area contributed by atoms with Crippen molar-refractivity contribution in [1.82, 2.24) is 4.90 Å². The lowest BCUT2D eigenvalue weighted by atomic mass is 9.97. The molecule has 0 amide bonds. The molecule has 9 heteroatoms. The summed E-state index contributed by atoms with van der Waals surface area (Å²) in [6.45, 7) is 3.99. The molecule has 0 aliphatic carbocycles. The molecule has 0 saturated carbocycles. The van der Waals surface area contributed by atoms with Crippen molar-refractivity contribution < 1.29 is 13.9 Å². The van der Waals surface area contributed by atoms with Gasteiger partial charge in [0.1, 0.15) is 34.4 Å². The molecule has 164 valence electrons. The number of nitriles is 1. The fourth-order valence-electron chi connectivity index (χ4n) is 3.68. The number of allylic oxidation sites excluding steroid dienone is 2. The van der Waals surface area contributed by atoms with Crippen LogP contribution >= 0.6 is 23.4 Å². The first-order chi connectivity index (χ1) is 15.5. The summed E-state index contributed by atoms with van der Waals surface area (Å²) in [5.74, 6) is 0.886. The quantitative estimate of drug-likeness (QED) is 0.571. The van der Waals surface area contributed by atoms with Crippen molar-refractivity contribution in [3.63, 3.8) is 0 Å². The number of carbonyl (C=O) groups excluding carboxylic acids is 1. The SMILES string of the molecule is CCCC1=C(C(=O)OCC)[C@@H](c2ccc(-c3ccc(Cl)cc3)o2)N2C(=N1)SC(C#N)=C2N. The fraction of sp³-hybridized carbons (Fsp3) is 0.261. The molecular weight excluding hydrogens is 448 g/mol. The molecule has 7 nitrogen and oxygen atoms in total. The molecular formula is C23H21ClN4O3S. The van der Waals surface area contributed by atoms with Gasteiger partial charge in [-0.2, -0.15) is 5.26 Å². The molecule has 1 aromatic carbocycles. The number of ether oxygens (including phenoxy) is 1.